The van der Waals surface area contributed by atoms with Crippen LogP contribution in [0.5, 0.6) is 5.75 Å². The Morgan fingerprint density at radius 1 is 1.31 bits per heavy atom. The lowest BCUT2D eigenvalue weighted by Gasteiger charge is -2.33. The number of aliphatic imine (C=N–C) groups is 1. The molecule has 29 heavy (non-hydrogen) atoms. The maximum absolute atomic E-state index is 6.03. The van der Waals surface area contributed by atoms with Crippen LogP contribution in [-0.2, 0) is 11.3 Å². The van der Waals surface area contributed by atoms with Gasteiger partial charge in [0.15, 0.2) is 5.96 Å². The van der Waals surface area contributed by atoms with Gasteiger partial charge in [-0.05, 0) is 56.3 Å². The summed E-state index contributed by atoms with van der Waals surface area (Å²) in [5.74, 6) is 2.67. The van der Waals surface area contributed by atoms with E-state index in [1.807, 2.05) is 13.1 Å². The fourth-order valence-electron chi connectivity index (χ4n) is 4.26. The SMILES string of the molecule is CN=C(NCc1cccc(OCCN(C)C2CCOCC2)c1)N1CCCC(C)C1. The average Bonchev–Trinajstić information content (AvgIpc) is 2.75. The van der Waals surface area contributed by atoms with Crippen LogP contribution in [-0.4, -0.2) is 75.4 Å². The zero-order chi connectivity index (χ0) is 20.5. The number of hydrogen-bond donors (Lipinski definition) is 1. The standard InChI is InChI=1S/C23H38N4O2/c1-19-6-5-11-27(18-19)23(24-2)25-17-20-7-4-8-22(16-20)29-15-12-26(3)21-9-13-28-14-10-21/h4,7-8,16,19,21H,5-6,9-15,17-18H2,1-3H3,(H,24,25). The van der Waals surface area contributed by atoms with Gasteiger partial charge < -0.3 is 19.7 Å². The summed E-state index contributed by atoms with van der Waals surface area (Å²) in [5.41, 5.74) is 1.21. The molecule has 2 aliphatic rings. The molecule has 0 bridgehead atoms. The van der Waals surface area contributed by atoms with Gasteiger partial charge in [0, 0.05) is 52.5 Å². The molecule has 1 unspecified atom stereocenters. The van der Waals surface area contributed by atoms with Crippen LogP contribution in [0.15, 0.2) is 29.3 Å². The summed E-state index contributed by atoms with van der Waals surface area (Å²) in [6.45, 7) is 8.66. The first-order valence-corrected chi connectivity index (χ1v) is 11.1. The van der Waals surface area contributed by atoms with Crippen molar-refractivity contribution >= 4 is 5.96 Å². The minimum Gasteiger partial charge on any atom is -0.492 e. The highest BCUT2D eigenvalue weighted by Gasteiger charge is 2.19. The van der Waals surface area contributed by atoms with Crippen LogP contribution in [0.25, 0.3) is 0 Å². The van der Waals surface area contributed by atoms with Crippen LogP contribution in [0, 0.1) is 5.92 Å². The van der Waals surface area contributed by atoms with Crippen molar-refractivity contribution in [3.8, 4) is 5.75 Å². The van der Waals surface area contributed by atoms with Crippen molar-refractivity contribution in [2.75, 3.05) is 53.6 Å². The van der Waals surface area contributed by atoms with Crippen molar-refractivity contribution < 1.29 is 9.47 Å². The predicted octanol–water partition coefficient (Wildman–Crippen LogP) is 2.98. The molecule has 6 nitrogen and oxygen atoms in total. The molecule has 1 atom stereocenters. The minimum absolute atomic E-state index is 0.618. The van der Waals surface area contributed by atoms with Gasteiger partial charge in [0.1, 0.15) is 12.4 Å². The first-order chi connectivity index (χ1) is 14.2. The topological polar surface area (TPSA) is 49.3 Å². The van der Waals surface area contributed by atoms with E-state index in [-0.39, 0.29) is 0 Å². The van der Waals surface area contributed by atoms with Crippen LogP contribution in [0.1, 0.15) is 38.2 Å². The summed E-state index contributed by atoms with van der Waals surface area (Å²) in [7, 11) is 4.06. The lowest BCUT2D eigenvalue weighted by Crippen LogP contribution is -2.45. The van der Waals surface area contributed by atoms with E-state index in [1.165, 1.54) is 18.4 Å². The third-order valence-corrected chi connectivity index (χ3v) is 6.04. The number of hydrogen-bond acceptors (Lipinski definition) is 4. The second-order valence-corrected chi connectivity index (χ2v) is 8.41. The Hall–Kier alpha value is -1.79. The first-order valence-electron chi connectivity index (χ1n) is 11.1. The molecular weight excluding hydrogens is 364 g/mol. The first kappa shape index (κ1) is 21.9. The van der Waals surface area contributed by atoms with Crippen molar-refractivity contribution in [1.82, 2.24) is 15.1 Å². The van der Waals surface area contributed by atoms with Gasteiger partial charge in [0.05, 0.1) is 0 Å². The van der Waals surface area contributed by atoms with Crippen LogP contribution >= 0.6 is 0 Å². The number of nitrogens with zero attached hydrogens (tertiary/aromatic N) is 3. The molecule has 2 saturated heterocycles. The van der Waals surface area contributed by atoms with Crippen molar-refractivity contribution in [2.45, 2.75) is 45.2 Å². The normalized spacial score (nSPS) is 21.4. The molecule has 0 saturated carbocycles. The number of nitrogens with one attached hydrogen (secondary N) is 1. The largest absolute Gasteiger partial charge is 0.492 e. The Kier molecular flexibility index (Phi) is 8.62. The molecule has 2 aliphatic heterocycles. The van der Waals surface area contributed by atoms with Crippen LogP contribution < -0.4 is 10.1 Å². The molecule has 2 heterocycles. The summed E-state index contributed by atoms with van der Waals surface area (Å²) < 4.78 is 11.5. The van der Waals surface area contributed by atoms with Crippen LogP contribution in [0.3, 0.4) is 0 Å². The van der Waals surface area contributed by atoms with E-state index >= 15 is 0 Å². The summed E-state index contributed by atoms with van der Waals surface area (Å²) in [6, 6.07) is 9.00. The lowest BCUT2D eigenvalue weighted by molar-refractivity contribution is 0.0392. The summed E-state index contributed by atoms with van der Waals surface area (Å²) in [5, 5.41) is 3.52. The predicted molar refractivity (Wildman–Crippen MR) is 119 cm³/mol. The van der Waals surface area contributed by atoms with E-state index in [9.17, 15) is 0 Å². The van der Waals surface area contributed by atoms with E-state index in [1.54, 1.807) is 0 Å². The lowest BCUT2D eigenvalue weighted by atomic mass is 10.0. The maximum atomic E-state index is 6.03. The Bertz CT molecular complexity index is 646. The molecule has 0 amide bonds. The highest BCUT2D eigenvalue weighted by molar-refractivity contribution is 5.80. The van der Waals surface area contributed by atoms with Crippen LogP contribution in [0.4, 0.5) is 0 Å². The van der Waals surface area contributed by atoms with E-state index in [2.05, 4.69) is 52.3 Å². The molecule has 2 fully saturated rings. The molecule has 6 heteroatoms. The molecule has 0 radical (unpaired) electrons. The van der Waals surface area contributed by atoms with Gasteiger partial charge in [-0.1, -0.05) is 19.1 Å². The second-order valence-electron chi connectivity index (χ2n) is 8.41. The van der Waals surface area contributed by atoms with E-state index in [0.717, 1.165) is 69.9 Å². The number of likely N-dealkylation sites (tertiary alicyclic amines) is 1. The molecular formula is C23H38N4O2. The van der Waals surface area contributed by atoms with Gasteiger partial charge >= 0.3 is 0 Å². The fraction of sp³-hybridized carbons (Fsp3) is 0.696. The highest BCUT2D eigenvalue weighted by Crippen LogP contribution is 2.17. The Morgan fingerprint density at radius 3 is 2.90 bits per heavy atom. The van der Waals surface area contributed by atoms with Gasteiger partial charge in [-0.3, -0.25) is 9.89 Å². The number of benzene rings is 1. The van der Waals surface area contributed by atoms with Crippen molar-refractivity contribution in [2.24, 2.45) is 10.9 Å². The Labute approximate surface area is 176 Å². The zero-order valence-corrected chi connectivity index (χ0v) is 18.4. The molecule has 0 spiro atoms. The summed E-state index contributed by atoms with van der Waals surface area (Å²) >= 11 is 0. The summed E-state index contributed by atoms with van der Waals surface area (Å²) in [6.07, 6.45) is 4.80. The van der Waals surface area contributed by atoms with Gasteiger partial charge in [-0.15, -0.1) is 0 Å². The van der Waals surface area contributed by atoms with E-state index < -0.39 is 0 Å². The molecule has 0 aromatic heterocycles. The number of rotatable bonds is 7. The molecule has 3 rings (SSSR count). The Morgan fingerprint density at radius 2 is 2.14 bits per heavy atom. The van der Waals surface area contributed by atoms with Gasteiger partial charge in [0.25, 0.3) is 0 Å². The quantitative estimate of drug-likeness (QED) is 0.561. The van der Waals surface area contributed by atoms with Crippen molar-refractivity contribution in [3.63, 3.8) is 0 Å². The zero-order valence-electron chi connectivity index (χ0n) is 18.4. The Balaban J connectivity index is 1.44. The number of guanidine groups is 1. The average molecular weight is 403 g/mol. The minimum atomic E-state index is 0.618. The van der Waals surface area contributed by atoms with Gasteiger partial charge in [-0.25, -0.2) is 0 Å². The number of ether oxygens (including phenoxy) is 2. The monoisotopic (exact) mass is 402 g/mol. The third-order valence-electron chi connectivity index (χ3n) is 6.04. The second kappa shape index (κ2) is 11.4. The van der Waals surface area contributed by atoms with Crippen molar-refractivity contribution in [1.29, 1.82) is 0 Å². The van der Waals surface area contributed by atoms with Crippen molar-refractivity contribution in [3.05, 3.63) is 29.8 Å². The summed E-state index contributed by atoms with van der Waals surface area (Å²) in [4.78, 5) is 9.26. The molecule has 1 N–H and O–H groups in total. The van der Waals surface area contributed by atoms with Crippen LogP contribution in [0.2, 0.25) is 0 Å². The fourth-order valence-corrected chi connectivity index (χ4v) is 4.26. The van der Waals surface area contributed by atoms with Gasteiger partial charge in [-0.2, -0.15) is 0 Å². The van der Waals surface area contributed by atoms with E-state index in [0.29, 0.717) is 12.6 Å². The molecule has 162 valence electrons. The molecule has 1 aromatic carbocycles. The smallest absolute Gasteiger partial charge is 0.193 e. The number of piperidine rings is 1. The van der Waals surface area contributed by atoms with E-state index in [4.69, 9.17) is 9.47 Å². The highest BCUT2D eigenvalue weighted by atomic mass is 16.5. The van der Waals surface area contributed by atoms with Gasteiger partial charge in [0.2, 0.25) is 0 Å². The number of likely N-dealkylation sites (N-methyl/N-ethyl adjacent to an activating group) is 1. The molecule has 1 aromatic rings. The molecule has 0 aliphatic carbocycles. The third kappa shape index (κ3) is 6.89. The maximum Gasteiger partial charge on any atom is 0.193 e.